The van der Waals surface area contributed by atoms with Crippen molar-refractivity contribution in [2.24, 2.45) is 7.05 Å². The fourth-order valence-electron chi connectivity index (χ4n) is 1.58. The van der Waals surface area contributed by atoms with Gasteiger partial charge in [-0.2, -0.15) is 5.26 Å². The molecule has 0 aromatic carbocycles. The average molecular weight is 211 g/mol. The number of nitrogens with zero attached hydrogens (tertiary/aromatic N) is 3. The van der Waals surface area contributed by atoms with E-state index in [1.807, 2.05) is 12.1 Å². The third-order valence-electron chi connectivity index (χ3n) is 2.44. The number of rotatable bonds is 2. The summed E-state index contributed by atoms with van der Waals surface area (Å²) in [5, 5.41) is 8.78. The maximum absolute atomic E-state index is 10.7. The lowest BCUT2D eigenvalue weighted by atomic mass is 10.1. The van der Waals surface area contributed by atoms with Crippen LogP contribution in [0.4, 0.5) is 0 Å². The summed E-state index contributed by atoms with van der Waals surface area (Å²) in [6.07, 6.45) is 3.98. The Morgan fingerprint density at radius 1 is 1.44 bits per heavy atom. The maximum Gasteiger partial charge on any atom is 0.166 e. The van der Waals surface area contributed by atoms with Crippen LogP contribution in [0, 0.1) is 11.3 Å². The molecule has 0 aliphatic carbocycles. The van der Waals surface area contributed by atoms with Crippen LogP contribution in [0.15, 0.2) is 30.6 Å². The van der Waals surface area contributed by atoms with Crippen LogP contribution in [0.3, 0.4) is 0 Å². The topological polar surface area (TPSA) is 58.7 Å². The Morgan fingerprint density at radius 2 is 2.25 bits per heavy atom. The Morgan fingerprint density at radius 3 is 2.88 bits per heavy atom. The van der Waals surface area contributed by atoms with E-state index in [-0.39, 0.29) is 0 Å². The van der Waals surface area contributed by atoms with Gasteiger partial charge in [0.2, 0.25) is 0 Å². The Kier molecular flexibility index (Phi) is 2.52. The molecule has 0 radical (unpaired) electrons. The van der Waals surface area contributed by atoms with Gasteiger partial charge in [0, 0.05) is 30.7 Å². The highest BCUT2D eigenvalue weighted by atomic mass is 16.1. The molecule has 0 saturated heterocycles. The second-order valence-corrected chi connectivity index (χ2v) is 3.39. The number of hydrogen-bond donors (Lipinski definition) is 0. The van der Waals surface area contributed by atoms with Crippen LogP contribution in [-0.4, -0.2) is 15.8 Å². The summed E-state index contributed by atoms with van der Waals surface area (Å²) in [4.78, 5) is 14.7. The predicted octanol–water partition coefficient (Wildman–Crippen LogP) is 1.77. The lowest BCUT2D eigenvalue weighted by Crippen LogP contribution is -1.97. The zero-order valence-electron chi connectivity index (χ0n) is 8.71. The molecule has 0 unspecified atom stereocenters. The molecular weight excluding hydrogens is 202 g/mol. The zero-order valence-corrected chi connectivity index (χ0v) is 8.71. The van der Waals surface area contributed by atoms with Crippen LogP contribution in [-0.2, 0) is 7.05 Å². The van der Waals surface area contributed by atoms with E-state index in [0.717, 1.165) is 17.5 Å². The van der Waals surface area contributed by atoms with Gasteiger partial charge in [-0.3, -0.25) is 9.78 Å². The van der Waals surface area contributed by atoms with Crippen molar-refractivity contribution in [2.45, 2.75) is 0 Å². The van der Waals surface area contributed by atoms with E-state index in [0.29, 0.717) is 11.3 Å². The fraction of sp³-hybridized carbons (Fsp3) is 0.0833. The standard InChI is InChI=1S/C12H9N3O/c1-15-11(8-16)2-3-12(15)10-4-9(5-13)6-14-7-10/h2-4,6-8H,1H3. The van der Waals surface area contributed by atoms with Crippen LogP contribution < -0.4 is 0 Å². The van der Waals surface area contributed by atoms with Crippen LogP contribution in [0.2, 0.25) is 0 Å². The van der Waals surface area contributed by atoms with Gasteiger partial charge >= 0.3 is 0 Å². The number of carbonyl (C=O) groups excluding carboxylic acids is 1. The van der Waals surface area contributed by atoms with E-state index in [9.17, 15) is 4.79 Å². The number of nitriles is 1. The van der Waals surface area contributed by atoms with E-state index in [4.69, 9.17) is 5.26 Å². The molecule has 4 heteroatoms. The van der Waals surface area contributed by atoms with E-state index >= 15 is 0 Å². The van der Waals surface area contributed by atoms with E-state index in [2.05, 4.69) is 4.98 Å². The van der Waals surface area contributed by atoms with E-state index in [1.165, 1.54) is 6.20 Å². The van der Waals surface area contributed by atoms with Crippen molar-refractivity contribution in [1.29, 1.82) is 5.26 Å². The number of hydrogen-bond acceptors (Lipinski definition) is 3. The molecule has 4 nitrogen and oxygen atoms in total. The van der Waals surface area contributed by atoms with Gasteiger partial charge in [-0.15, -0.1) is 0 Å². The van der Waals surface area contributed by atoms with Crippen LogP contribution >= 0.6 is 0 Å². The second-order valence-electron chi connectivity index (χ2n) is 3.39. The minimum absolute atomic E-state index is 0.506. The third-order valence-corrected chi connectivity index (χ3v) is 2.44. The first-order valence-corrected chi connectivity index (χ1v) is 4.72. The van der Waals surface area contributed by atoms with Crippen molar-refractivity contribution >= 4 is 6.29 Å². The summed E-state index contributed by atoms with van der Waals surface area (Å²) < 4.78 is 1.77. The van der Waals surface area contributed by atoms with Crippen molar-refractivity contribution in [3.8, 4) is 17.3 Å². The highest BCUT2D eigenvalue weighted by Crippen LogP contribution is 2.20. The second kappa shape index (κ2) is 3.99. The van der Waals surface area contributed by atoms with E-state index in [1.54, 1.807) is 29.9 Å². The molecule has 2 aromatic rings. The third kappa shape index (κ3) is 1.59. The van der Waals surface area contributed by atoms with Crippen molar-refractivity contribution in [2.75, 3.05) is 0 Å². The Labute approximate surface area is 92.8 Å². The summed E-state index contributed by atoms with van der Waals surface area (Å²) in [5.74, 6) is 0. The van der Waals surface area contributed by atoms with Gasteiger partial charge in [0.15, 0.2) is 6.29 Å². The Balaban J connectivity index is 2.55. The monoisotopic (exact) mass is 211 g/mol. The zero-order chi connectivity index (χ0) is 11.5. The Bertz CT molecular complexity index is 578. The highest BCUT2D eigenvalue weighted by molar-refractivity contribution is 5.76. The first kappa shape index (κ1) is 10.1. The van der Waals surface area contributed by atoms with Gasteiger partial charge < -0.3 is 4.57 Å². The molecule has 0 aliphatic rings. The summed E-state index contributed by atoms with van der Waals surface area (Å²) >= 11 is 0. The lowest BCUT2D eigenvalue weighted by molar-refractivity contribution is 0.111. The quantitative estimate of drug-likeness (QED) is 0.711. The normalized spacial score (nSPS) is 9.75. The largest absolute Gasteiger partial charge is 0.341 e. The van der Waals surface area contributed by atoms with Crippen LogP contribution in [0.25, 0.3) is 11.3 Å². The first-order valence-electron chi connectivity index (χ1n) is 4.72. The van der Waals surface area contributed by atoms with Gasteiger partial charge in [0.25, 0.3) is 0 Å². The molecule has 0 bridgehead atoms. The fourth-order valence-corrected chi connectivity index (χ4v) is 1.58. The first-order chi connectivity index (χ1) is 7.76. The number of aromatic nitrogens is 2. The van der Waals surface area contributed by atoms with Gasteiger partial charge in [-0.05, 0) is 18.2 Å². The number of carbonyl (C=O) groups is 1. The van der Waals surface area contributed by atoms with Gasteiger partial charge in [-0.1, -0.05) is 0 Å². The molecule has 0 saturated carbocycles. The molecule has 0 aliphatic heterocycles. The van der Waals surface area contributed by atoms with Crippen LogP contribution in [0.1, 0.15) is 16.1 Å². The molecular formula is C12H9N3O. The summed E-state index contributed by atoms with van der Waals surface area (Å²) in [7, 11) is 1.80. The van der Waals surface area contributed by atoms with Crippen molar-refractivity contribution in [1.82, 2.24) is 9.55 Å². The van der Waals surface area contributed by atoms with Gasteiger partial charge in [-0.25, -0.2) is 0 Å². The summed E-state index contributed by atoms with van der Waals surface area (Å²) in [5.41, 5.74) is 2.80. The number of aldehydes is 1. The molecule has 2 aromatic heterocycles. The molecule has 0 atom stereocenters. The number of pyridine rings is 1. The molecule has 2 rings (SSSR count). The minimum atomic E-state index is 0.506. The SMILES string of the molecule is Cn1c(C=O)ccc1-c1cncc(C#N)c1. The highest BCUT2D eigenvalue weighted by Gasteiger charge is 2.06. The van der Waals surface area contributed by atoms with Crippen molar-refractivity contribution < 1.29 is 4.79 Å². The lowest BCUT2D eigenvalue weighted by Gasteiger charge is -2.04. The van der Waals surface area contributed by atoms with Gasteiger partial charge in [0.1, 0.15) is 6.07 Å². The summed E-state index contributed by atoms with van der Waals surface area (Å²) in [6.45, 7) is 0. The van der Waals surface area contributed by atoms with Crippen molar-refractivity contribution in [3.63, 3.8) is 0 Å². The smallest absolute Gasteiger partial charge is 0.166 e. The molecule has 78 valence electrons. The minimum Gasteiger partial charge on any atom is -0.341 e. The maximum atomic E-state index is 10.7. The van der Waals surface area contributed by atoms with E-state index < -0.39 is 0 Å². The van der Waals surface area contributed by atoms with Gasteiger partial charge in [0.05, 0.1) is 11.3 Å². The van der Waals surface area contributed by atoms with Crippen molar-refractivity contribution in [3.05, 3.63) is 41.9 Å². The van der Waals surface area contributed by atoms with Crippen LogP contribution in [0.5, 0.6) is 0 Å². The molecule has 0 spiro atoms. The molecule has 0 amide bonds. The molecule has 0 N–H and O–H groups in total. The molecule has 16 heavy (non-hydrogen) atoms. The average Bonchev–Trinajstić information content (AvgIpc) is 2.70. The summed E-state index contributed by atoms with van der Waals surface area (Å²) in [6, 6.07) is 7.36. The Hall–Kier alpha value is -2.41. The molecule has 2 heterocycles. The molecule has 0 fully saturated rings. The predicted molar refractivity (Wildman–Crippen MR) is 58.7 cm³/mol.